The molecule has 0 fully saturated rings. The molecule has 0 saturated heterocycles. The van der Waals surface area contributed by atoms with Crippen molar-refractivity contribution in [2.24, 2.45) is 0 Å². The van der Waals surface area contributed by atoms with Gasteiger partial charge in [-0.3, -0.25) is 4.79 Å². The summed E-state index contributed by atoms with van der Waals surface area (Å²) < 4.78 is 0. The second kappa shape index (κ2) is 51.9. The number of carbonyl (C=O) groups excluding carboxylic acids is 1. The van der Waals surface area contributed by atoms with E-state index in [1.807, 2.05) is 6.08 Å². The number of hydrogen-bond donors (Lipinski definition) is 3. The third-order valence-corrected chi connectivity index (χ3v) is 11.6. The van der Waals surface area contributed by atoms with E-state index in [-0.39, 0.29) is 12.5 Å². The summed E-state index contributed by atoms with van der Waals surface area (Å²) in [6, 6.07) is -0.663. The summed E-state index contributed by atoms with van der Waals surface area (Å²) in [5.41, 5.74) is 0. The maximum Gasteiger partial charge on any atom is 0.220 e. The van der Waals surface area contributed by atoms with E-state index in [4.69, 9.17) is 0 Å². The SMILES string of the molecule is CC/C=C\C/C=C\C/C=C\C/C=C\C/C=C\CCCCCC(=O)NC(CO)C(O)/C=C/CC/C=C/CCCCCCCCCCCCCCCCCCCCCCCCCC. The Morgan fingerprint density at radius 1 is 0.410 bits per heavy atom. The van der Waals surface area contributed by atoms with Crippen LogP contribution in [0, 0.1) is 0 Å². The van der Waals surface area contributed by atoms with Gasteiger partial charge in [-0.1, -0.05) is 253 Å². The smallest absolute Gasteiger partial charge is 0.220 e. The van der Waals surface area contributed by atoms with E-state index in [1.54, 1.807) is 6.08 Å². The van der Waals surface area contributed by atoms with Crippen molar-refractivity contribution < 1.29 is 15.0 Å². The van der Waals surface area contributed by atoms with Gasteiger partial charge in [-0.05, 0) is 77.0 Å². The first-order valence-electron chi connectivity index (χ1n) is 26.3. The highest BCUT2D eigenvalue weighted by Crippen LogP contribution is 2.16. The second-order valence-electron chi connectivity index (χ2n) is 17.6. The van der Waals surface area contributed by atoms with Gasteiger partial charge in [0.25, 0.3) is 0 Å². The largest absolute Gasteiger partial charge is 0.394 e. The Balaban J connectivity index is 3.59. The Hall–Kier alpha value is -2.43. The van der Waals surface area contributed by atoms with Crippen LogP contribution in [-0.4, -0.2) is 34.9 Å². The van der Waals surface area contributed by atoms with E-state index < -0.39 is 12.1 Å². The minimum Gasteiger partial charge on any atom is -0.394 e. The molecule has 2 atom stereocenters. The molecule has 3 N–H and O–H groups in total. The van der Waals surface area contributed by atoms with Crippen LogP contribution in [0.1, 0.15) is 251 Å². The van der Waals surface area contributed by atoms with E-state index in [1.165, 1.54) is 154 Å². The summed E-state index contributed by atoms with van der Waals surface area (Å²) in [4.78, 5) is 12.4. The molecule has 0 bridgehead atoms. The van der Waals surface area contributed by atoms with Gasteiger partial charge in [0.1, 0.15) is 0 Å². The van der Waals surface area contributed by atoms with Crippen LogP contribution in [0.3, 0.4) is 0 Å². The molecule has 4 nitrogen and oxygen atoms in total. The molecule has 0 aromatic heterocycles. The topological polar surface area (TPSA) is 69.6 Å². The van der Waals surface area contributed by atoms with Crippen LogP contribution in [0.25, 0.3) is 0 Å². The van der Waals surface area contributed by atoms with Crippen molar-refractivity contribution >= 4 is 5.91 Å². The van der Waals surface area contributed by atoms with E-state index in [2.05, 4.69) is 92.1 Å². The third-order valence-electron chi connectivity index (χ3n) is 11.6. The molecule has 4 heteroatoms. The van der Waals surface area contributed by atoms with Gasteiger partial charge in [0.05, 0.1) is 18.8 Å². The van der Waals surface area contributed by atoms with Gasteiger partial charge in [-0.25, -0.2) is 0 Å². The third kappa shape index (κ3) is 48.5. The average Bonchev–Trinajstić information content (AvgIpc) is 3.26. The summed E-state index contributed by atoms with van der Waals surface area (Å²) in [7, 11) is 0. The molecule has 2 unspecified atom stereocenters. The number of rotatable bonds is 47. The summed E-state index contributed by atoms with van der Waals surface area (Å²) in [5, 5.41) is 23.1. The monoisotopic (exact) mass is 848 g/mol. The molecular formula is C57H101NO3. The lowest BCUT2D eigenvalue weighted by Gasteiger charge is -2.19. The molecule has 0 aromatic rings. The lowest BCUT2D eigenvalue weighted by Crippen LogP contribution is -2.45. The Morgan fingerprint density at radius 3 is 1.15 bits per heavy atom. The van der Waals surface area contributed by atoms with Crippen molar-refractivity contribution in [3.63, 3.8) is 0 Å². The Labute approximate surface area is 380 Å². The van der Waals surface area contributed by atoms with Crippen molar-refractivity contribution in [2.45, 2.75) is 264 Å². The predicted molar refractivity (Wildman–Crippen MR) is 271 cm³/mol. The van der Waals surface area contributed by atoms with Crippen LogP contribution in [0.2, 0.25) is 0 Å². The maximum atomic E-state index is 12.4. The Morgan fingerprint density at radius 2 is 0.738 bits per heavy atom. The highest BCUT2D eigenvalue weighted by atomic mass is 16.3. The van der Waals surface area contributed by atoms with Crippen LogP contribution in [0.15, 0.2) is 85.1 Å². The summed E-state index contributed by atoms with van der Waals surface area (Å²) in [5.74, 6) is -0.106. The molecule has 61 heavy (non-hydrogen) atoms. The number of nitrogens with one attached hydrogen (secondary N) is 1. The fourth-order valence-corrected chi connectivity index (χ4v) is 7.63. The second-order valence-corrected chi connectivity index (χ2v) is 17.6. The maximum absolute atomic E-state index is 12.4. The van der Waals surface area contributed by atoms with Crippen LogP contribution in [0.4, 0.5) is 0 Å². The van der Waals surface area contributed by atoms with Gasteiger partial charge in [-0.2, -0.15) is 0 Å². The summed E-state index contributed by atoms with van der Waals surface area (Å²) in [6.07, 6.45) is 75.9. The Kier molecular flexibility index (Phi) is 49.8. The number of carbonyl (C=O) groups is 1. The van der Waals surface area contributed by atoms with Gasteiger partial charge in [-0.15, -0.1) is 0 Å². The highest BCUT2D eigenvalue weighted by molar-refractivity contribution is 5.76. The minimum atomic E-state index is -0.882. The average molecular weight is 848 g/mol. The first-order chi connectivity index (χ1) is 30.2. The molecule has 0 aliphatic heterocycles. The number of aliphatic hydroxyl groups excluding tert-OH is 2. The quantitative estimate of drug-likeness (QED) is 0.0422. The molecule has 0 aliphatic rings. The normalized spacial score (nSPS) is 13.6. The van der Waals surface area contributed by atoms with Crippen LogP contribution in [-0.2, 0) is 4.79 Å². The predicted octanol–water partition coefficient (Wildman–Crippen LogP) is 17.2. The van der Waals surface area contributed by atoms with Crippen molar-refractivity contribution in [1.29, 1.82) is 0 Å². The molecule has 0 radical (unpaired) electrons. The summed E-state index contributed by atoms with van der Waals surface area (Å²) >= 11 is 0. The standard InChI is InChI=1S/C57H101NO3/c1-3-5-7-9-11-13-15-17-19-21-23-24-25-26-27-28-29-30-31-32-33-35-36-38-40-42-44-46-48-50-52-56(60)55(54-59)58-57(61)53-51-49-47-45-43-41-39-37-34-22-20-18-16-14-12-10-8-6-4-2/h6,8,12,14,18,20,34,37,41-44,50,52,55-56,59-60H,3-5,7,9-11,13,15-17,19,21-33,35-36,38-40,45-49,51,53-54H2,1-2H3,(H,58,61)/b8-6-,14-12-,20-18-,37-34-,43-41-,44-42+,52-50+. The fourth-order valence-electron chi connectivity index (χ4n) is 7.63. The van der Waals surface area contributed by atoms with Crippen LogP contribution >= 0.6 is 0 Å². The van der Waals surface area contributed by atoms with E-state index in [0.29, 0.717) is 6.42 Å². The van der Waals surface area contributed by atoms with E-state index >= 15 is 0 Å². The number of allylic oxidation sites excluding steroid dienone is 13. The van der Waals surface area contributed by atoms with Crippen molar-refractivity contribution in [2.75, 3.05) is 6.61 Å². The molecule has 0 spiro atoms. The molecule has 0 rings (SSSR count). The Bertz CT molecular complexity index is 1100. The number of hydrogen-bond acceptors (Lipinski definition) is 3. The van der Waals surface area contributed by atoms with Crippen molar-refractivity contribution in [3.8, 4) is 0 Å². The van der Waals surface area contributed by atoms with E-state index in [0.717, 1.165) is 77.0 Å². The molecule has 0 aliphatic carbocycles. The first kappa shape index (κ1) is 58.6. The molecule has 352 valence electrons. The highest BCUT2D eigenvalue weighted by Gasteiger charge is 2.17. The molecule has 0 heterocycles. The van der Waals surface area contributed by atoms with Crippen LogP contribution in [0.5, 0.6) is 0 Å². The fraction of sp³-hybridized carbons (Fsp3) is 0.737. The molecular weight excluding hydrogens is 747 g/mol. The first-order valence-corrected chi connectivity index (χ1v) is 26.3. The van der Waals surface area contributed by atoms with Gasteiger partial charge in [0, 0.05) is 6.42 Å². The lowest BCUT2D eigenvalue weighted by molar-refractivity contribution is -0.123. The molecule has 0 aromatic carbocycles. The van der Waals surface area contributed by atoms with E-state index in [9.17, 15) is 15.0 Å². The zero-order valence-corrected chi connectivity index (χ0v) is 40.4. The van der Waals surface area contributed by atoms with Crippen molar-refractivity contribution in [3.05, 3.63) is 85.1 Å². The molecule has 1 amide bonds. The van der Waals surface area contributed by atoms with Crippen molar-refractivity contribution in [1.82, 2.24) is 5.32 Å². The van der Waals surface area contributed by atoms with Gasteiger partial charge in [0.15, 0.2) is 0 Å². The zero-order chi connectivity index (χ0) is 44.2. The summed E-state index contributed by atoms with van der Waals surface area (Å²) in [6.45, 7) is 4.18. The number of amides is 1. The van der Waals surface area contributed by atoms with Crippen LogP contribution < -0.4 is 5.32 Å². The van der Waals surface area contributed by atoms with Gasteiger partial charge >= 0.3 is 0 Å². The molecule has 0 saturated carbocycles. The number of unbranched alkanes of at least 4 members (excludes halogenated alkanes) is 28. The minimum absolute atomic E-state index is 0.106. The number of aliphatic hydroxyl groups is 2. The van der Waals surface area contributed by atoms with Gasteiger partial charge < -0.3 is 15.5 Å². The zero-order valence-electron chi connectivity index (χ0n) is 40.4. The van der Waals surface area contributed by atoms with Gasteiger partial charge in [0.2, 0.25) is 5.91 Å². The lowest BCUT2D eigenvalue weighted by atomic mass is 10.0.